The van der Waals surface area contributed by atoms with E-state index in [1.165, 1.54) is 5.56 Å². The Morgan fingerprint density at radius 1 is 1.41 bits per heavy atom. The van der Waals surface area contributed by atoms with Crippen LogP contribution in [0.25, 0.3) is 0 Å². The molecule has 1 unspecified atom stereocenters. The second kappa shape index (κ2) is 6.25. The molecule has 0 radical (unpaired) electrons. The van der Waals surface area contributed by atoms with Gasteiger partial charge in [-0.15, -0.1) is 0 Å². The minimum atomic E-state index is 0.145. The number of nitrogens with two attached hydrogens (primary N) is 1. The van der Waals surface area contributed by atoms with Gasteiger partial charge in [0.05, 0.1) is 0 Å². The lowest BCUT2D eigenvalue weighted by Crippen LogP contribution is -2.27. The molecule has 1 aromatic carbocycles. The van der Waals surface area contributed by atoms with Crippen molar-refractivity contribution < 1.29 is 5.21 Å². The molecule has 3 N–H and O–H groups in total. The SMILES string of the molecule is CCC(C)N(C)Cc1ccc(/C(N)=N/O)cc1. The monoisotopic (exact) mass is 235 g/mol. The minimum Gasteiger partial charge on any atom is -0.409 e. The minimum absolute atomic E-state index is 0.145. The Kier molecular flexibility index (Phi) is 4.97. The molecule has 0 amide bonds. The molecule has 0 spiro atoms. The highest BCUT2D eigenvalue weighted by molar-refractivity contribution is 5.96. The molecule has 0 aliphatic carbocycles. The summed E-state index contributed by atoms with van der Waals surface area (Å²) in [5.41, 5.74) is 7.47. The van der Waals surface area contributed by atoms with E-state index < -0.39 is 0 Å². The zero-order valence-corrected chi connectivity index (χ0v) is 10.7. The van der Waals surface area contributed by atoms with Crippen LogP contribution in [-0.2, 0) is 6.54 Å². The van der Waals surface area contributed by atoms with E-state index in [2.05, 4.69) is 31.0 Å². The van der Waals surface area contributed by atoms with Crippen LogP contribution >= 0.6 is 0 Å². The van der Waals surface area contributed by atoms with Gasteiger partial charge in [0.1, 0.15) is 0 Å². The molecule has 0 saturated heterocycles. The number of hydrogen-bond acceptors (Lipinski definition) is 3. The van der Waals surface area contributed by atoms with Gasteiger partial charge in [0.2, 0.25) is 0 Å². The van der Waals surface area contributed by atoms with Crippen molar-refractivity contribution in [1.82, 2.24) is 4.90 Å². The van der Waals surface area contributed by atoms with Crippen LogP contribution in [0.1, 0.15) is 31.4 Å². The lowest BCUT2D eigenvalue weighted by molar-refractivity contribution is 0.244. The molecule has 0 aliphatic rings. The molecular weight excluding hydrogens is 214 g/mol. The van der Waals surface area contributed by atoms with Crippen molar-refractivity contribution in [1.29, 1.82) is 0 Å². The fourth-order valence-electron chi connectivity index (χ4n) is 1.59. The van der Waals surface area contributed by atoms with Crippen LogP contribution < -0.4 is 5.73 Å². The molecule has 0 bridgehead atoms. The van der Waals surface area contributed by atoms with Gasteiger partial charge in [-0.05, 0) is 26.0 Å². The van der Waals surface area contributed by atoms with E-state index in [0.717, 1.165) is 18.5 Å². The first-order chi connectivity index (χ1) is 8.08. The summed E-state index contributed by atoms with van der Waals surface area (Å²) < 4.78 is 0. The number of nitrogens with zero attached hydrogens (tertiary/aromatic N) is 2. The molecule has 17 heavy (non-hydrogen) atoms. The molecule has 0 aromatic heterocycles. The quantitative estimate of drug-likeness (QED) is 0.355. The molecule has 4 heteroatoms. The smallest absolute Gasteiger partial charge is 0.170 e. The van der Waals surface area contributed by atoms with Crippen molar-refractivity contribution in [2.24, 2.45) is 10.9 Å². The average Bonchev–Trinajstić information content (AvgIpc) is 2.37. The summed E-state index contributed by atoms with van der Waals surface area (Å²) in [6, 6.07) is 8.32. The molecule has 1 rings (SSSR count). The third-order valence-electron chi connectivity index (χ3n) is 3.13. The van der Waals surface area contributed by atoms with E-state index in [1.807, 2.05) is 24.3 Å². The fraction of sp³-hybridized carbons (Fsp3) is 0.462. The summed E-state index contributed by atoms with van der Waals surface area (Å²) in [7, 11) is 2.12. The van der Waals surface area contributed by atoms with E-state index in [0.29, 0.717) is 6.04 Å². The fourth-order valence-corrected chi connectivity index (χ4v) is 1.59. The summed E-state index contributed by atoms with van der Waals surface area (Å²) in [5.74, 6) is 0.145. The van der Waals surface area contributed by atoms with Crippen molar-refractivity contribution in [2.75, 3.05) is 7.05 Å². The molecule has 0 aliphatic heterocycles. The summed E-state index contributed by atoms with van der Waals surface area (Å²) in [6.45, 7) is 5.30. The highest BCUT2D eigenvalue weighted by Gasteiger charge is 2.07. The first-order valence-corrected chi connectivity index (χ1v) is 5.85. The Hall–Kier alpha value is -1.55. The topological polar surface area (TPSA) is 61.8 Å². The summed E-state index contributed by atoms with van der Waals surface area (Å²) in [5, 5.41) is 11.5. The molecular formula is C13H21N3O. The second-order valence-electron chi connectivity index (χ2n) is 4.35. The van der Waals surface area contributed by atoms with Gasteiger partial charge >= 0.3 is 0 Å². The van der Waals surface area contributed by atoms with Gasteiger partial charge in [0, 0.05) is 18.2 Å². The van der Waals surface area contributed by atoms with Crippen LogP contribution in [0.15, 0.2) is 29.4 Å². The van der Waals surface area contributed by atoms with E-state index >= 15 is 0 Å². The number of rotatable bonds is 5. The molecule has 94 valence electrons. The summed E-state index contributed by atoms with van der Waals surface area (Å²) in [6.07, 6.45) is 1.14. The number of hydrogen-bond donors (Lipinski definition) is 2. The lowest BCUT2D eigenvalue weighted by atomic mass is 10.1. The zero-order chi connectivity index (χ0) is 12.8. The van der Waals surface area contributed by atoms with E-state index in [1.54, 1.807) is 0 Å². The van der Waals surface area contributed by atoms with Crippen molar-refractivity contribution in [3.8, 4) is 0 Å². The second-order valence-corrected chi connectivity index (χ2v) is 4.35. The van der Waals surface area contributed by atoms with Crippen molar-refractivity contribution in [3.05, 3.63) is 35.4 Å². The average molecular weight is 235 g/mol. The zero-order valence-electron chi connectivity index (χ0n) is 10.7. The largest absolute Gasteiger partial charge is 0.409 e. The normalized spacial score (nSPS) is 14.0. The predicted octanol–water partition coefficient (Wildman–Crippen LogP) is 2.01. The Morgan fingerprint density at radius 2 is 2.00 bits per heavy atom. The molecule has 1 aromatic rings. The van der Waals surface area contributed by atoms with Gasteiger partial charge < -0.3 is 10.9 Å². The summed E-state index contributed by atoms with van der Waals surface area (Å²) >= 11 is 0. The van der Waals surface area contributed by atoms with Crippen molar-refractivity contribution in [3.63, 3.8) is 0 Å². The van der Waals surface area contributed by atoms with Crippen LogP contribution in [0.4, 0.5) is 0 Å². The lowest BCUT2D eigenvalue weighted by Gasteiger charge is -2.23. The third kappa shape index (κ3) is 3.75. The highest BCUT2D eigenvalue weighted by atomic mass is 16.4. The van der Waals surface area contributed by atoms with Crippen LogP contribution in [0, 0.1) is 0 Å². The summed E-state index contributed by atoms with van der Waals surface area (Å²) in [4.78, 5) is 2.30. The molecule has 0 fully saturated rings. The van der Waals surface area contributed by atoms with Crippen LogP contribution in [0.3, 0.4) is 0 Å². The Balaban J connectivity index is 2.69. The first-order valence-electron chi connectivity index (χ1n) is 5.85. The molecule has 1 atom stereocenters. The van der Waals surface area contributed by atoms with Gasteiger partial charge in [-0.2, -0.15) is 0 Å². The molecule has 0 saturated carbocycles. The first kappa shape index (κ1) is 13.5. The number of benzene rings is 1. The van der Waals surface area contributed by atoms with Crippen molar-refractivity contribution in [2.45, 2.75) is 32.9 Å². The van der Waals surface area contributed by atoms with E-state index in [4.69, 9.17) is 10.9 Å². The predicted molar refractivity (Wildman–Crippen MR) is 70.2 cm³/mol. The van der Waals surface area contributed by atoms with Gasteiger partial charge in [-0.3, -0.25) is 4.90 Å². The maximum absolute atomic E-state index is 8.56. The van der Waals surface area contributed by atoms with Gasteiger partial charge in [-0.25, -0.2) is 0 Å². The molecule has 0 heterocycles. The van der Waals surface area contributed by atoms with Gasteiger partial charge in [0.25, 0.3) is 0 Å². The standard InChI is InChI=1S/C13H21N3O/c1-4-10(2)16(3)9-11-5-7-12(8-6-11)13(14)15-17/h5-8,10,17H,4,9H2,1-3H3,(H2,14,15). The van der Waals surface area contributed by atoms with Crippen LogP contribution in [0.5, 0.6) is 0 Å². The number of amidine groups is 1. The maximum atomic E-state index is 8.56. The Bertz CT molecular complexity index is 373. The maximum Gasteiger partial charge on any atom is 0.170 e. The Labute approximate surface area is 103 Å². The van der Waals surface area contributed by atoms with E-state index in [-0.39, 0.29) is 5.84 Å². The van der Waals surface area contributed by atoms with Crippen LogP contribution in [0.2, 0.25) is 0 Å². The highest BCUT2D eigenvalue weighted by Crippen LogP contribution is 2.09. The van der Waals surface area contributed by atoms with Gasteiger partial charge in [-0.1, -0.05) is 36.3 Å². The van der Waals surface area contributed by atoms with Crippen LogP contribution in [-0.4, -0.2) is 29.0 Å². The number of oxime groups is 1. The molecule has 4 nitrogen and oxygen atoms in total. The van der Waals surface area contributed by atoms with Crippen molar-refractivity contribution >= 4 is 5.84 Å². The third-order valence-corrected chi connectivity index (χ3v) is 3.13. The Morgan fingerprint density at radius 3 is 2.47 bits per heavy atom. The van der Waals surface area contributed by atoms with Gasteiger partial charge in [0.15, 0.2) is 5.84 Å². The van der Waals surface area contributed by atoms with E-state index in [9.17, 15) is 0 Å².